The van der Waals surface area contributed by atoms with Crippen LogP contribution >= 0.6 is 23.2 Å². The van der Waals surface area contributed by atoms with Gasteiger partial charge in [0, 0.05) is 16.6 Å². The molecule has 1 amide bonds. The standard InChI is InChI=1S/C17H18Cl2N2O3S/c1-12-9-15(19)7-8-16(12)21(25(2,23)24)11-17(22)20-10-13-3-5-14(18)6-4-13/h3-9H,10-11H2,1-2H3,(H,20,22). The van der Waals surface area contributed by atoms with E-state index >= 15 is 0 Å². The fraction of sp³-hybridized carbons (Fsp3) is 0.235. The van der Waals surface area contributed by atoms with Gasteiger partial charge in [0.05, 0.1) is 11.9 Å². The minimum absolute atomic E-state index is 0.285. The van der Waals surface area contributed by atoms with Crippen LogP contribution in [0.1, 0.15) is 11.1 Å². The van der Waals surface area contributed by atoms with E-state index in [1.807, 2.05) is 0 Å². The number of anilines is 1. The average Bonchev–Trinajstić information content (AvgIpc) is 2.52. The Kier molecular flexibility index (Phi) is 6.32. The molecular weight excluding hydrogens is 383 g/mol. The van der Waals surface area contributed by atoms with Crippen molar-refractivity contribution in [2.45, 2.75) is 13.5 Å². The summed E-state index contributed by atoms with van der Waals surface area (Å²) in [4.78, 5) is 12.2. The van der Waals surface area contributed by atoms with Gasteiger partial charge in [0.15, 0.2) is 0 Å². The third kappa shape index (κ3) is 5.63. The minimum Gasteiger partial charge on any atom is -0.350 e. The van der Waals surface area contributed by atoms with Crippen molar-refractivity contribution in [3.8, 4) is 0 Å². The number of carbonyl (C=O) groups excluding carboxylic acids is 1. The predicted molar refractivity (Wildman–Crippen MR) is 102 cm³/mol. The van der Waals surface area contributed by atoms with E-state index in [2.05, 4.69) is 5.32 Å². The van der Waals surface area contributed by atoms with Gasteiger partial charge in [-0.05, 0) is 48.4 Å². The fourth-order valence-electron chi connectivity index (χ4n) is 2.27. The molecule has 0 radical (unpaired) electrons. The van der Waals surface area contributed by atoms with Gasteiger partial charge in [-0.25, -0.2) is 8.42 Å². The highest BCUT2D eigenvalue weighted by Crippen LogP contribution is 2.25. The van der Waals surface area contributed by atoms with E-state index in [-0.39, 0.29) is 13.1 Å². The lowest BCUT2D eigenvalue weighted by Gasteiger charge is -2.23. The zero-order valence-corrected chi connectivity index (χ0v) is 16.1. The van der Waals surface area contributed by atoms with Crippen molar-refractivity contribution in [3.05, 3.63) is 63.6 Å². The second-order valence-corrected chi connectivity index (χ2v) is 8.38. The van der Waals surface area contributed by atoms with E-state index in [4.69, 9.17) is 23.2 Å². The molecule has 0 atom stereocenters. The highest BCUT2D eigenvalue weighted by atomic mass is 35.5. The molecule has 0 aliphatic rings. The third-order valence-electron chi connectivity index (χ3n) is 3.52. The van der Waals surface area contributed by atoms with Crippen LogP contribution in [0.4, 0.5) is 5.69 Å². The lowest BCUT2D eigenvalue weighted by atomic mass is 10.2. The van der Waals surface area contributed by atoms with Gasteiger partial charge >= 0.3 is 0 Å². The largest absolute Gasteiger partial charge is 0.350 e. The summed E-state index contributed by atoms with van der Waals surface area (Å²) in [7, 11) is -3.62. The maximum atomic E-state index is 12.2. The number of benzene rings is 2. The number of rotatable bonds is 6. The summed E-state index contributed by atoms with van der Waals surface area (Å²) < 4.78 is 25.3. The lowest BCUT2D eigenvalue weighted by molar-refractivity contribution is -0.119. The van der Waals surface area contributed by atoms with Crippen molar-refractivity contribution in [2.75, 3.05) is 17.1 Å². The molecule has 2 aromatic rings. The van der Waals surface area contributed by atoms with Crippen LogP contribution in [0.3, 0.4) is 0 Å². The Morgan fingerprint density at radius 3 is 2.24 bits per heavy atom. The van der Waals surface area contributed by atoms with Gasteiger partial charge in [-0.15, -0.1) is 0 Å². The van der Waals surface area contributed by atoms with Crippen LogP contribution in [-0.2, 0) is 21.4 Å². The molecule has 2 rings (SSSR count). The molecule has 2 aromatic carbocycles. The number of halogens is 2. The molecule has 134 valence electrons. The van der Waals surface area contributed by atoms with Crippen molar-refractivity contribution in [1.29, 1.82) is 0 Å². The molecule has 1 N–H and O–H groups in total. The van der Waals surface area contributed by atoms with Crippen molar-refractivity contribution in [3.63, 3.8) is 0 Å². The van der Waals surface area contributed by atoms with E-state index in [1.165, 1.54) is 0 Å². The second-order valence-electron chi connectivity index (χ2n) is 5.60. The van der Waals surface area contributed by atoms with Crippen LogP contribution < -0.4 is 9.62 Å². The highest BCUT2D eigenvalue weighted by Gasteiger charge is 2.22. The Labute approximate surface area is 157 Å². The quantitative estimate of drug-likeness (QED) is 0.807. The Morgan fingerprint density at radius 1 is 1.08 bits per heavy atom. The molecule has 0 aromatic heterocycles. The third-order valence-corrected chi connectivity index (χ3v) is 5.13. The second kappa shape index (κ2) is 8.08. The summed E-state index contributed by atoms with van der Waals surface area (Å²) in [6, 6.07) is 11.9. The van der Waals surface area contributed by atoms with E-state index in [9.17, 15) is 13.2 Å². The maximum absolute atomic E-state index is 12.2. The van der Waals surface area contributed by atoms with Crippen LogP contribution in [-0.4, -0.2) is 27.1 Å². The average molecular weight is 401 g/mol. The first kappa shape index (κ1) is 19.6. The number of amides is 1. The van der Waals surface area contributed by atoms with Gasteiger partial charge in [0.2, 0.25) is 15.9 Å². The van der Waals surface area contributed by atoms with Crippen LogP contribution in [0.5, 0.6) is 0 Å². The first-order chi connectivity index (χ1) is 11.7. The smallest absolute Gasteiger partial charge is 0.241 e. The van der Waals surface area contributed by atoms with Crippen molar-refractivity contribution in [2.24, 2.45) is 0 Å². The summed E-state index contributed by atoms with van der Waals surface area (Å²) >= 11 is 11.7. The first-order valence-corrected chi connectivity index (χ1v) is 10.0. The maximum Gasteiger partial charge on any atom is 0.241 e. The minimum atomic E-state index is -3.62. The van der Waals surface area contributed by atoms with Crippen molar-refractivity contribution in [1.82, 2.24) is 5.32 Å². The first-order valence-electron chi connectivity index (χ1n) is 7.42. The Hall–Kier alpha value is -1.76. The zero-order chi connectivity index (χ0) is 18.6. The van der Waals surface area contributed by atoms with E-state index in [1.54, 1.807) is 49.4 Å². The molecule has 0 aliphatic heterocycles. The van der Waals surface area contributed by atoms with E-state index < -0.39 is 15.9 Å². The van der Waals surface area contributed by atoms with Crippen LogP contribution in [0.2, 0.25) is 10.0 Å². The molecule has 0 aliphatic carbocycles. The van der Waals surface area contributed by atoms with Crippen molar-refractivity contribution >= 4 is 44.8 Å². The number of carbonyl (C=O) groups is 1. The molecule has 0 fully saturated rings. The summed E-state index contributed by atoms with van der Waals surface area (Å²) in [5.74, 6) is -0.408. The molecule has 0 saturated heterocycles. The summed E-state index contributed by atoms with van der Waals surface area (Å²) in [6.45, 7) is 1.72. The monoisotopic (exact) mass is 400 g/mol. The van der Waals surface area contributed by atoms with Gasteiger partial charge in [-0.2, -0.15) is 0 Å². The molecule has 0 bridgehead atoms. The van der Waals surface area contributed by atoms with Gasteiger partial charge < -0.3 is 5.32 Å². The van der Waals surface area contributed by atoms with Crippen LogP contribution in [0.15, 0.2) is 42.5 Å². The number of nitrogens with zero attached hydrogens (tertiary/aromatic N) is 1. The number of sulfonamides is 1. The van der Waals surface area contributed by atoms with Gasteiger partial charge in [0.1, 0.15) is 6.54 Å². The topological polar surface area (TPSA) is 66.5 Å². The summed E-state index contributed by atoms with van der Waals surface area (Å²) in [5, 5.41) is 3.82. The fourth-order valence-corrected chi connectivity index (χ4v) is 3.54. The molecule has 0 heterocycles. The van der Waals surface area contributed by atoms with E-state index in [0.717, 1.165) is 16.1 Å². The summed E-state index contributed by atoms with van der Waals surface area (Å²) in [5.41, 5.74) is 1.96. The Balaban J connectivity index is 2.11. The molecule has 0 spiro atoms. The summed E-state index contributed by atoms with van der Waals surface area (Å²) in [6.07, 6.45) is 1.06. The Bertz CT molecular complexity index is 868. The zero-order valence-electron chi connectivity index (χ0n) is 13.8. The Morgan fingerprint density at radius 2 is 1.68 bits per heavy atom. The van der Waals surface area contributed by atoms with Crippen LogP contribution in [0.25, 0.3) is 0 Å². The van der Waals surface area contributed by atoms with Gasteiger partial charge in [0.25, 0.3) is 0 Å². The van der Waals surface area contributed by atoms with Crippen LogP contribution in [0, 0.1) is 6.92 Å². The number of hydrogen-bond donors (Lipinski definition) is 1. The van der Waals surface area contributed by atoms with E-state index in [0.29, 0.717) is 21.3 Å². The van der Waals surface area contributed by atoms with Gasteiger partial charge in [-0.1, -0.05) is 35.3 Å². The molecule has 5 nitrogen and oxygen atoms in total. The normalized spacial score (nSPS) is 11.2. The molecular formula is C17H18Cl2N2O3S. The number of nitrogens with one attached hydrogen (secondary N) is 1. The lowest BCUT2D eigenvalue weighted by Crippen LogP contribution is -2.40. The molecule has 0 saturated carbocycles. The van der Waals surface area contributed by atoms with Gasteiger partial charge in [-0.3, -0.25) is 9.10 Å². The number of hydrogen-bond acceptors (Lipinski definition) is 3. The molecule has 25 heavy (non-hydrogen) atoms. The predicted octanol–water partition coefficient (Wildman–Crippen LogP) is 3.38. The SMILES string of the molecule is Cc1cc(Cl)ccc1N(CC(=O)NCc1ccc(Cl)cc1)S(C)(=O)=O. The molecule has 8 heteroatoms. The van der Waals surface area contributed by atoms with Crippen molar-refractivity contribution < 1.29 is 13.2 Å². The highest BCUT2D eigenvalue weighted by molar-refractivity contribution is 7.92. The number of aryl methyl sites for hydroxylation is 1. The molecule has 0 unspecified atom stereocenters.